The van der Waals surface area contributed by atoms with E-state index in [1.165, 1.54) is 16.4 Å². The number of piperazine rings is 1. The topological polar surface area (TPSA) is 83.8 Å². The van der Waals surface area contributed by atoms with Crippen LogP contribution in [-0.4, -0.2) is 43.8 Å². The number of nitro groups is 1. The molecule has 0 aromatic heterocycles. The van der Waals surface area contributed by atoms with Crippen molar-refractivity contribution in [2.75, 3.05) is 31.1 Å². The van der Waals surface area contributed by atoms with Gasteiger partial charge < -0.3 is 4.90 Å². The zero-order chi connectivity index (χ0) is 19.8. The van der Waals surface area contributed by atoms with Gasteiger partial charge in [-0.2, -0.15) is 4.31 Å². The zero-order valence-corrected chi connectivity index (χ0v) is 16.6. The fraction of sp³-hybridized carbons (Fsp3) is 0.333. The van der Waals surface area contributed by atoms with Gasteiger partial charge in [0.15, 0.2) is 0 Å². The Balaban J connectivity index is 1.75. The van der Waals surface area contributed by atoms with Gasteiger partial charge in [-0.15, -0.1) is 0 Å². The van der Waals surface area contributed by atoms with Crippen molar-refractivity contribution in [3.8, 4) is 0 Å². The minimum atomic E-state index is -3.55. The molecule has 0 spiro atoms. The molecule has 1 aliphatic rings. The van der Waals surface area contributed by atoms with Crippen molar-refractivity contribution in [3.63, 3.8) is 0 Å². The molecule has 0 radical (unpaired) electrons. The molecule has 0 atom stereocenters. The lowest BCUT2D eigenvalue weighted by atomic mass is 10.1. The molecule has 1 saturated heterocycles. The number of hydrogen-bond acceptors (Lipinski definition) is 5. The Morgan fingerprint density at radius 2 is 1.67 bits per heavy atom. The minimum absolute atomic E-state index is 0.0697. The molecule has 1 fully saturated rings. The monoisotopic (exact) mass is 409 g/mol. The summed E-state index contributed by atoms with van der Waals surface area (Å²) < 4.78 is 27.2. The molecule has 0 bridgehead atoms. The molecule has 0 unspecified atom stereocenters. The number of non-ortho nitro benzene ring substituents is 1. The van der Waals surface area contributed by atoms with Crippen LogP contribution in [0.1, 0.15) is 11.1 Å². The van der Waals surface area contributed by atoms with Crippen molar-refractivity contribution in [1.29, 1.82) is 0 Å². The van der Waals surface area contributed by atoms with Crippen LogP contribution in [0, 0.1) is 24.0 Å². The van der Waals surface area contributed by atoms with Crippen LogP contribution in [0.25, 0.3) is 0 Å². The molecule has 2 aromatic rings. The molecule has 0 amide bonds. The van der Waals surface area contributed by atoms with E-state index >= 15 is 0 Å². The molecule has 1 heterocycles. The lowest BCUT2D eigenvalue weighted by molar-refractivity contribution is -0.384. The van der Waals surface area contributed by atoms with E-state index in [2.05, 4.69) is 0 Å². The Hall–Kier alpha value is -2.16. The Morgan fingerprint density at radius 1 is 1.00 bits per heavy atom. The average Bonchev–Trinajstić information content (AvgIpc) is 2.64. The fourth-order valence-electron chi connectivity index (χ4n) is 3.06. The third-order valence-electron chi connectivity index (χ3n) is 4.84. The van der Waals surface area contributed by atoms with E-state index in [-0.39, 0.29) is 10.7 Å². The third kappa shape index (κ3) is 3.92. The molecule has 9 heteroatoms. The number of rotatable bonds is 4. The molecule has 0 saturated carbocycles. The quantitative estimate of drug-likeness (QED) is 0.571. The van der Waals surface area contributed by atoms with Gasteiger partial charge >= 0.3 is 0 Å². The highest BCUT2D eigenvalue weighted by atomic mass is 35.5. The summed E-state index contributed by atoms with van der Waals surface area (Å²) >= 11 is 6.18. The third-order valence-corrected chi connectivity index (χ3v) is 7.03. The maximum absolute atomic E-state index is 12.9. The summed E-state index contributed by atoms with van der Waals surface area (Å²) in [5.41, 5.74) is 2.59. The minimum Gasteiger partial charge on any atom is -0.368 e. The number of anilines is 1. The van der Waals surface area contributed by atoms with Crippen molar-refractivity contribution in [3.05, 3.63) is 62.7 Å². The normalized spacial score (nSPS) is 15.7. The van der Waals surface area contributed by atoms with Crippen molar-refractivity contribution in [1.82, 2.24) is 4.31 Å². The predicted octanol–water partition coefficient (Wildman–Crippen LogP) is 3.38. The molecule has 2 aromatic carbocycles. The molecule has 0 N–H and O–H groups in total. The summed E-state index contributed by atoms with van der Waals surface area (Å²) in [5.74, 6) is 0. The van der Waals surface area contributed by atoms with Crippen LogP contribution >= 0.6 is 11.6 Å². The maximum Gasteiger partial charge on any atom is 0.271 e. The molecular weight excluding hydrogens is 390 g/mol. The molecule has 3 rings (SSSR count). The molecule has 144 valence electrons. The van der Waals surface area contributed by atoms with E-state index < -0.39 is 14.9 Å². The summed E-state index contributed by atoms with van der Waals surface area (Å²) in [6.45, 7) is 5.40. The molecule has 1 aliphatic heterocycles. The molecular formula is C18H20ClN3O4S. The lowest BCUT2D eigenvalue weighted by Crippen LogP contribution is -2.48. The van der Waals surface area contributed by atoms with Gasteiger partial charge in [-0.3, -0.25) is 10.1 Å². The van der Waals surface area contributed by atoms with Gasteiger partial charge in [0.2, 0.25) is 10.0 Å². The van der Waals surface area contributed by atoms with Gasteiger partial charge in [-0.1, -0.05) is 17.7 Å². The predicted molar refractivity (Wildman–Crippen MR) is 105 cm³/mol. The first-order valence-corrected chi connectivity index (χ1v) is 10.3. The second-order valence-electron chi connectivity index (χ2n) is 6.53. The molecule has 7 nitrogen and oxygen atoms in total. The van der Waals surface area contributed by atoms with Gasteiger partial charge in [0.1, 0.15) is 0 Å². The highest BCUT2D eigenvalue weighted by Crippen LogP contribution is 2.31. The van der Waals surface area contributed by atoms with Gasteiger partial charge in [0, 0.05) is 38.3 Å². The number of benzene rings is 2. The Labute approximate surface area is 163 Å². The first-order valence-electron chi connectivity index (χ1n) is 8.46. The summed E-state index contributed by atoms with van der Waals surface area (Å²) in [6, 6.07) is 9.47. The Morgan fingerprint density at radius 3 is 2.22 bits per heavy atom. The SMILES string of the molecule is Cc1ccc(S(=O)(=O)N2CCN(c3ccc([N+](=O)[O-])cc3Cl)CC2)cc1C. The fourth-order valence-corrected chi connectivity index (χ4v) is 4.86. The first kappa shape index (κ1) is 19.6. The first-order chi connectivity index (χ1) is 12.7. The molecule has 27 heavy (non-hydrogen) atoms. The van der Waals surface area contributed by atoms with Crippen LogP contribution < -0.4 is 4.90 Å². The number of nitro benzene ring substituents is 1. The second-order valence-corrected chi connectivity index (χ2v) is 8.88. The van der Waals surface area contributed by atoms with E-state index in [9.17, 15) is 18.5 Å². The second kappa shape index (κ2) is 7.46. The van der Waals surface area contributed by atoms with Gasteiger partial charge in [0.05, 0.1) is 20.5 Å². The highest BCUT2D eigenvalue weighted by molar-refractivity contribution is 7.89. The highest BCUT2D eigenvalue weighted by Gasteiger charge is 2.29. The number of hydrogen-bond donors (Lipinski definition) is 0. The summed E-state index contributed by atoms with van der Waals surface area (Å²) in [7, 11) is -3.55. The van der Waals surface area contributed by atoms with Crippen LogP contribution in [0.5, 0.6) is 0 Å². The summed E-state index contributed by atoms with van der Waals surface area (Å²) in [6.07, 6.45) is 0. The Kier molecular flexibility index (Phi) is 5.41. The van der Waals surface area contributed by atoms with Crippen LogP contribution in [0.15, 0.2) is 41.3 Å². The smallest absolute Gasteiger partial charge is 0.271 e. The van der Waals surface area contributed by atoms with Gasteiger partial charge in [0.25, 0.3) is 5.69 Å². The van der Waals surface area contributed by atoms with Crippen molar-refractivity contribution in [2.24, 2.45) is 0 Å². The molecule has 0 aliphatic carbocycles. The zero-order valence-electron chi connectivity index (χ0n) is 15.1. The number of nitrogens with zero attached hydrogens (tertiary/aromatic N) is 3. The Bertz CT molecular complexity index is 986. The summed E-state index contributed by atoms with van der Waals surface area (Å²) in [4.78, 5) is 12.6. The van der Waals surface area contributed by atoms with Gasteiger partial charge in [-0.05, 0) is 43.2 Å². The lowest BCUT2D eigenvalue weighted by Gasteiger charge is -2.35. The van der Waals surface area contributed by atoms with Crippen LogP contribution in [0.2, 0.25) is 5.02 Å². The largest absolute Gasteiger partial charge is 0.368 e. The number of sulfonamides is 1. The number of halogens is 1. The van der Waals surface area contributed by atoms with E-state index in [1.54, 1.807) is 18.2 Å². The summed E-state index contributed by atoms with van der Waals surface area (Å²) in [5, 5.41) is 11.1. The van der Waals surface area contributed by atoms with E-state index in [0.717, 1.165) is 11.1 Å². The van der Waals surface area contributed by atoms with Crippen molar-refractivity contribution < 1.29 is 13.3 Å². The van der Waals surface area contributed by atoms with Crippen LogP contribution in [0.4, 0.5) is 11.4 Å². The van der Waals surface area contributed by atoms with E-state index in [0.29, 0.717) is 36.8 Å². The van der Waals surface area contributed by atoms with Crippen LogP contribution in [-0.2, 0) is 10.0 Å². The van der Waals surface area contributed by atoms with Crippen molar-refractivity contribution in [2.45, 2.75) is 18.7 Å². The van der Waals surface area contributed by atoms with E-state index in [1.807, 2.05) is 24.8 Å². The number of aryl methyl sites for hydroxylation is 2. The average molecular weight is 410 g/mol. The maximum atomic E-state index is 12.9. The van der Waals surface area contributed by atoms with Crippen LogP contribution in [0.3, 0.4) is 0 Å². The standard InChI is InChI=1S/C18H20ClN3O4S/c1-13-3-5-16(11-14(13)2)27(25,26)21-9-7-20(8-10-21)18-6-4-15(22(23)24)12-17(18)19/h3-6,11-12H,7-10H2,1-2H3. The van der Waals surface area contributed by atoms with E-state index in [4.69, 9.17) is 11.6 Å². The van der Waals surface area contributed by atoms with Crippen molar-refractivity contribution >= 4 is 33.0 Å². The van der Waals surface area contributed by atoms with Gasteiger partial charge in [-0.25, -0.2) is 8.42 Å².